The molecule has 2 aliphatic rings. The molecule has 2 N–H and O–H groups in total. The Morgan fingerprint density at radius 2 is 2.18 bits per heavy atom. The zero-order chi connectivity index (χ0) is 12.5. The van der Waals surface area contributed by atoms with Crippen LogP contribution < -0.4 is 5.32 Å². The molecule has 0 aromatic carbocycles. The highest BCUT2D eigenvalue weighted by molar-refractivity contribution is 6.08. The van der Waals surface area contributed by atoms with E-state index in [0.717, 1.165) is 4.90 Å². The first-order valence-corrected chi connectivity index (χ1v) is 5.49. The lowest BCUT2D eigenvalue weighted by Gasteiger charge is -2.23. The average Bonchev–Trinajstić information content (AvgIpc) is 2.48. The Morgan fingerprint density at radius 3 is 2.88 bits per heavy atom. The number of nitrogens with one attached hydrogen (secondary N) is 1. The Hall–Kier alpha value is -1.63. The van der Waals surface area contributed by atoms with E-state index in [1.807, 2.05) is 0 Å². The van der Waals surface area contributed by atoms with Crippen molar-refractivity contribution in [3.8, 4) is 0 Å². The summed E-state index contributed by atoms with van der Waals surface area (Å²) in [5, 5.41) is 11.3. The van der Waals surface area contributed by atoms with Crippen molar-refractivity contribution >= 4 is 17.9 Å². The average molecular weight is 242 g/mol. The number of carboxylic acids is 1. The van der Waals surface area contributed by atoms with Crippen LogP contribution in [0.5, 0.6) is 0 Å². The SMILES string of the molecule is O=C(O)CN1C(=O)NC2(CCCOCC2)C1=O. The van der Waals surface area contributed by atoms with Gasteiger partial charge in [0, 0.05) is 19.6 Å². The van der Waals surface area contributed by atoms with E-state index in [0.29, 0.717) is 32.5 Å². The number of carbonyl (C=O) groups excluding carboxylic acids is 2. The molecule has 2 saturated heterocycles. The summed E-state index contributed by atoms with van der Waals surface area (Å²) < 4.78 is 5.24. The number of nitrogens with zero attached hydrogens (tertiary/aromatic N) is 1. The molecule has 2 fully saturated rings. The number of hydrogen-bond acceptors (Lipinski definition) is 4. The van der Waals surface area contributed by atoms with Crippen LogP contribution in [0.3, 0.4) is 0 Å². The molecule has 0 aromatic rings. The number of urea groups is 1. The van der Waals surface area contributed by atoms with Gasteiger partial charge in [0.2, 0.25) is 0 Å². The molecule has 0 bridgehead atoms. The van der Waals surface area contributed by atoms with Gasteiger partial charge in [-0.15, -0.1) is 0 Å². The van der Waals surface area contributed by atoms with E-state index in [9.17, 15) is 14.4 Å². The van der Waals surface area contributed by atoms with Crippen LogP contribution in [0.15, 0.2) is 0 Å². The van der Waals surface area contributed by atoms with E-state index in [4.69, 9.17) is 9.84 Å². The minimum Gasteiger partial charge on any atom is -0.480 e. The number of carbonyl (C=O) groups is 3. The van der Waals surface area contributed by atoms with Gasteiger partial charge >= 0.3 is 12.0 Å². The third-order valence-corrected chi connectivity index (χ3v) is 3.10. The molecule has 1 spiro atoms. The first kappa shape index (κ1) is 11.8. The highest BCUT2D eigenvalue weighted by atomic mass is 16.5. The number of imide groups is 1. The van der Waals surface area contributed by atoms with Crippen LogP contribution in [0.25, 0.3) is 0 Å². The smallest absolute Gasteiger partial charge is 0.325 e. The van der Waals surface area contributed by atoms with Crippen molar-refractivity contribution in [3.63, 3.8) is 0 Å². The molecule has 0 saturated carbocycles. The fourth-order valence-electron chi connectivity index (χ4n) is 2.24. The van der Waals surface area contributed by atoms with Crippen molar-refractivity contribution in [2.75, 3.05) is 19.8 Å². The van der Waals surface area contributed by atoms with Gasteiger partial charge in [0.05, 0.1) is 0 Å². The minimum absolute atomic E-state index is 0.396. The predicted octanol–water partition coefficient (Wildman–Crippen LogP) is -0.438. The fraction of sp³-hybridized carbons (Fsp3) is 0.700. The second-order valence-corrected chi connectivity index (χ2v) is 4.26. The maximum absolute atomic E-state index is 12.1. The van der Waals surface area contributed by atoms with Gasteiger partial charge in [-0.25, -0.2) is 4.79 Å². The van der Waals surface area contributed by atoms with Crippen molar-refractivity contribution in [2.45, 2.75) is 24.8 Å². The first-order valence-electron chi connectivity index (χ1n) is 5.49. The van der Waals surface area contributed by atoms with E-state index in [2.05, 4.69) is 5.32 Å². The summed E-state index contributed by atoms with van der Waals surface area (Å²) in [6, 6.07) is -0.626. The summed E-state index contributed by atoms with van der Waals surface area (Å²) in [5.41, 5.74) is -0.955. The van der Waals surface area contributed by atoms with Gasteiger partial charge in [-0.2, -0.15) is 0 Å². The summed E-state index contributed by atoms with van der Waals surface area (Å²) >= 11 is 0. The van der Waals surface area contributed by atoms with Crippen molar-refractivity contribution < 1.29 is 24.2 Å². The van der Waals surface area contributed by atoms with Crippen molar-refractivity contribution in [3.05, 3.63) is 0 Å². The quantitative estimate of drug-likeness (QED) is 0.640. The molecular weight excluding hydrogens is 228 g/mol. The molecule has 17 heavy (non-hydrogen) atoms. The molecule has 2 heterocycles. The highest BCUT2D eigenvalue weighted by Crippen LogP contribution is 2.28. The van der Waals surface area contributed by atoms with Crippen molar-refractivity contribution in [1.82, 2.24) is 10.2 Å². The molecule has 0 radical (unpaired) electrons. The standard InChI is InChI=1S/C10H14N2O5/c13-7(14)6-12-8(15)10(11-9(12)16)2-1-4-17-5-3-10/h1-6H2,(H,11,16)(H,13,14). The van der Waals surface area contributed by atoms with Crippen LogP contribution in [0, 0.1) is 0 Å². The number of hydrogen-bond donors (Lipinski definition) is 2. The van der Waals surface area contributed by atoms with Gasteiger partial charge < -0.3 is 15.2 Å². The summed E-state index contributed by atoms with van der Waals surface area (Å²) in [7, 11) is 0. The van der Waals surface area contributed by atoms with Crippen LogP contribution in [0.1, 0.15) is 19.3 Å². The van der Waals surface area contributed by atoms with E-state index >= 15 is 0 Å². The topological polar surface area (TPSA) is 95.9 Å². The van der Waals surface area contributed by atoms with Gasteiger partial charge in [-0.05, 0) is 12.8 Å². The Bertz CT molecular complexity index is 360. The Labute approximate surface area is 97.7 Å². The third-order valence-electron chi connectivity index (χ3n) is 3.10. The Balaban J connectivity index is 2.18. The number of amides is 3. The molecule has 1 atom stereocenters. The molecule has 7 nitrogen and oxygen atoms in total. The van der Waals surface area contributed by atoms with Crippen LogP contribution in [-0.2, 0) is 14.3 Å². The van der Waals surface area contributed by atoms with Gasteiger partial charge in [-0.1, -0.05) is 0 Å². The lowest BCUT2D eigenvalue weighted by molar-refractivity contribution is -0.143. The van der Waals surface area contributed by atoms with Gasteiger partial charge in [0.25, 0.3) is 5.91 Å². The predicted molar refractivity (Wildman–Crippen MR) is 55.3 cm³/mol. The fourth-order valence-corrected chi connectivity index (χ4v) is 2.24. The molecular formula is C10H14N2O5. The van der Waals surface area contributed by atoms with Crippen LogP contribution in [0.2, 0.25) is 0 Å². The van der Waals surface area contributed by atoms with E-state index in [1.165, 1.54) is 0 Å². The maximum atomic E-state index is 12.1. The van der Waals surface area contributed by atoms with E-state index < -0.39 is 30.0 Å². The molecule has 0 aromatic heterocycles. The minimum atomic E-state index is -1.20. The molecule has 2 rings (SSSR count). The molecule has 2 aliphatic heterocycles. The number of ether oxygens (including phenoxy) is 1. The molecule has 7 heteroatoms. The van der Waals surface area contributed by atoms with E-state index in [-0.39, 0.29) is 0 Å². The normalized spacial score (nSPS) is 29.3. The number of rotatable bonds is 2. The Morgan fingerprint density at radius 1 is 1.41 bits per heavy atom. The number of aliphatic carboxylic acids is 1. The zero-order valence-corrected chi connectivity index (χ0v) is 9.27. The summed E-state index contributed by atoms with van der Waals surface area (Å²) in [4.78, 5) is 35.0. The summed E-state index contributed by atoms with van der Waals surface area (Å²) in [5.74, 6) is -1.65. The first-order chi connectivity index (χ1) is 8.05. The van der Waals surface area contributed by atoms with E-state index in [1.54, 1.807) is 0 Å². The second-order valence-electron chi connectivity index (χ2n) is 4.26. The largest absolute Gasteiger partial charge is 0.480 e. The lowest BCUT2D eigenvalue weighted by atomic mass is 9.91. The van der Waals surface area contributed by atoms with Gasteiger partial charge in [0.1, 0.15) is 12.1 Å². The van der Waals surface area contributed by atoms with Crippen LogP contribution in [0.4, 0.5) is 4.79 Å². The maximum Gasteiger partial charge on any atom is 0.325 e. The zero-order valence-electron chi connectivity index (χ0n) is 9.27. The molecule has 3 amide bonds. The monoisotopic (exact) mass is 242 g/mol. The van der Waals surface area contributed by atoms with Crippen molar-refractivity contribution in [2.24, 2.45) is 0 Å². The van der Waals surface area contributed by atoms with Crippen LogP contribution >= 0.6 is 0 Å². The Kier molecular flexibility index (Phi) is 3.01. The van der Waals surface area contributed by atoms with Crippen molar-refractivity contribution in [1.29, 1.82) is 0 Å². The third kappa shape index (κ3) is 2.10. The van der Waals surface area contributed by atoms with Crippen LogP contribution in [-0.4, -0.2) is 53.2 Å². The summed E-state index contributed by atoms with van der Waals surface area (Å²) in [6.45, 7) is 0.365. The molecule has 0 aliphatic carbocycles. The lowest BCUT2D eigenvalue weighted by Crippen LogP contribution is -2.47. The second kappa shape index (κ2) is 4.33. The van der Waals surface area contributed by atoms with Gasteiger partial charge in [0.15, 0.2) is 0 Å². The van der Waals surface area contributed by atoms with Gasteiger partial charge in [-0.3, -0.25) is 14.5 Å². The highest BCUT2D eigenvalue weighted by Gasteiger charge is 2.51. The molecule has 94 valence electrons. The molecule has 1 unspecified atom stereocenters. The number of carboxylic acid groups (broad SMARTS) is 1. The summed E-state index contributed by atoms with van der Waals surface area (Å²) in [6.07, 6.45) is 1.56.